The molecule has 2 unspecified atom stereocenters. The van der Waals surface area contributed by atoms with Crippen molar-refractivity contribution in [3.8, 4) is 6.07 Å². The zero-order valence-corrected chi connectivity index (χ0v) is 12.2. The summed E-state index contributed by atoms with van der Waals surface area (Å²) in [4.78, 5) is 2.01. The van der Waals surface area contributed by atoms with Crippen molar-refractivity contribution in [3.05, 3.63) is 35.4 Å². The van der Waals surface area contributed by atoms with E-state index in [-0.39, 0.29) is 17.8 Å². The van der Waals surface area contributed by atoms with Crippen LogP contribution in [-0.2, 0) is 4.74 Å². The van der Waals surface area contributed by atoms with Crippen molar-refractivity contribution in [1.29, 1.82) is 16.1 Å². The molecule has 0 bridgehead atoms. The van der Waals surface area contributed by atoms with Gasteiger partial charge in [0, 0.05) is 24.2 Å². The number of hydrogen-bond acceptors (Lipinski definition) is 4. The zero-order chi connectivity index (χ0) is 15.4. The molecular formula is C16H18N4O. The quantitative estimate of drug-likeness (QED) is 0.496. The van der Waals surface area contributed by atoms with Gasteiger partial charge < -0.3 is 9.64 Å². The molecule has 1 heterocycles. The van der Waals surface area contributed by atoms with E-state index in [1.165, 1.54) is 0 Å². The lowest BCUT2D eigenvalue weighted by Gasteiger charge is -2.36. The topological polar surface area (TPSA) is 84.0 Å². The van der Waals surface area contributed by atoms with Crippen molar-refractivity contribution in [3.63, 3.8) is 0 Å². The van der Waals surface area contributed by atoms with Crippen LogP contribution in [0, 0.1) is 22.1 Å². The third-order valence-electron chi connectivity index (χ3n) is 3.42. The Morgan fingerprint density at radius 3 is 2.19 bits per heavy atom. The minimum absolute atomic E-state index is 0.111. The number of nitriles is 1. The standard InChI is InChI=1S/C16H18N4O/c1-11-9-20(10-12(2)21-11)16(19)14-5-3-13(4-6-14)15(7-17)8-18/h3-6,11-12,17,19H,9-10H2,1-2H3. The van der Waals surface area contributed by atoms with Gasteiger partial charge in [0.25, 0.3) is 0 Å². The maximum atomic E-state index is 8.89. The van der Waals surface area contributed by atoms with Crippen LogP contribution < -0.4 is 0 Å². The summed E-state index contributed by atoms with van der Waals surface area (Å²) in [7, 11) is 0. The fourth-order valence-electron chi connectivity index (χ4n) is 2.50. The Kier molecular flexibility index (Phi) is 4.54. The summed E-state index contributed by atoms with van der Waals surface area (Å²) >= 11 is 0. The van der Waals surface area contributed by atoms with Crippen LogP contribution in [0.1, 0.15) is 25.0 Å². The van der Waals surface area contributed by atoms with Crippen LogP contribution >= 0.6 is 0 Å². The molecule has 0 saturated carbocycles. The number of ether oxygens (including phenoxy) is 1. The second kappa shape index (κ2) is 6.36. The molecular weight excluding hydrogens is 264 g/mol. The first kappa shape index (κ1) is 15.0. The molecule has 0 aromatic heterocycles. The molecule has 0 aliphatic carbocycles. The number of amidine groups is 1. The zero-order valence-electron chi connectivity index (χ0n) is 12.2. The van der Waals surface area contributed by atoms with E-state index in [0.717, 1.165) is 5.56 Å². The summed E-state index contributed by atoms with van der Waals surface area (Å²) in [5.74, 6) is 2.58. The lowest BCUT2D eigenvalue weighted by atomic mass is 10.0. The summed E-state index contributed by atoms with van der Waals surface area (Å²) < 4.78 is 5.68. The lowest BCUT2D eigenvalue weighted by molar-refractivity contribution is -0.0480. The van der Waals surface area contributed by atoms with Gasteiger partial charge in [0.2, 0.25) is 0 Å². The molecule has 5 nitrogen and oxygen atoms in total. The Morgan fingerprint density at radius 2 is 1.71 bits per heavy atom. The molecule has 5 heteroatoms. The number of hydrogen-bond donors (Lipinski definition) is 2. The average molecular weight is 282 g/mol. The molecule has 21 heavy (non-hydrogen) atoms. The van der Waals surface area contributed by atoms with E-state index in [1.54, 1.807) is 24.3 Å². The average Bonchev–Trinajstić information content (AvgIpc) is 2.47. The Bertz CT molecular complexity index is 613. The van der Waals surface area contributed by atoms with Gasteiger partial charge in [-0.1, -0.05) is 24.3 Å². The summed E-state index contributed by atoms with van der Waals surface area (Å²) in [6.07, 6.45) is 0.221. The largest absolute Gasteiger partial charge is 0.372 e. The first-order chi connectivity index (χ1) is 10.0. The van der Waals surface area contributed by atoms with Crippen molar-refractivity contribution < 1.29 is 4.74 Å². The van der Waals surface area contributed by atoms with Gasteiger partial charge in [0.1, 0.15) is 17.5 Å². The lowest BCUT2D eigenvalue weighted by Crippen LogP contribution is -2.48. The van der Waals surface area contributed by atoms with Gasteiger partial charge in [-0.2, -0.15) is 5.26 Å². The van der Waals surface area contributed by atoms with E-state index < -0.39 is 0 Å². The van der Waals surface area contributed by atoms with Gasteiger partial charge in [-0.15, -0.1) is 0 Å². The van der Waals surface area contributed by atoms with Gasteiger partial charge >= 0.3 is 0 Å². The predicted octanol–water partition coefficient (Wildman–Crippen LogP) is 2.28. The van der Waals surface area contributed by atoms with Crippen molar-refractivity contribution >= 4 is 17.3 Å². The molecule has 0 amide bonds. The molecule has 1 aromatic rings. The minimum Gasteiger partial charge on any atom is -0.372 e. The SMILES string of the molecule is CC1CN(C(=N)c2ccc(C(=C=N)C#N)cc2)CC(C)O1. The molecule has 0 radical (unpaired) electrons. The van der Waals surface area contributed by atoms with Crippen molar-refractivity contribution in [2.24, 2.45) is 0 Å². The fourth-order valence-corrected chi connectivity index (χ4v) is 2.50. The number of rotatable bonds is 2. The monoisotopic (exact) mass is 282 g/mol. The Morgan fingerprint density at radius 1 is 1.19 bits per heavy atom. The van der Waals surface area contributed by atoms with Crippen molar-refractivity contribution in [2.45, 2.75) is 26.1 Å². The van der Waals surface area contributed by atoms with E-state index in [2.05, 4.69) is 5.87 Å². The molecule has 1 saturated heterocycles. The highest BCUT2D eigenvalue weighted by atomic mass is 16.5. The predicted molar refractivity (Wildman–Crippen MR) is 81.6 cm³/mol. The fraction of sp³-hybridized carbons (Fsp3) is 0.375. The molecule has 1 aliphatic rings. The van der Waals surface area contributed by atoms with Crippen LogP contribution in [0.2, 0.25) is 0 Å². The Labute approximate surface area is 124 Å². The molecule has 1 aromatic carbocycles. The number of nitrogens with zero attached hydrogens (tertiary/aromatic N) is 2. The van der Waals surface area contributed by atoms with Gasteiger partial charge in [0.05, 0.1) is 12.2 Å². The number of benzene rings is 1. The van der Waals surface area contributed by atoms with Crippen LogP contribution in [0.4, 0.5) is 0 Å². The smallest absolute Gasteiger partial charge is 0.128 e. The van der Waals surface area contributed by atoms with E-state index in [4.69, 9.17) is 20.8 Å². The van der Waals surface area contributed by atoms with Crippen LogP contribution in [0.15, 0.2) is 24.3 Å². The highest BCUT2D eigenvalue weighted by Crippen LogP contribution is 2.16. The second-order valence-corrected chi connectivity index (χ2v) is 5.20. The minimum atomic E-state index is 0.111. The van der Waals surface area contributed by atoms with E-state index >= 15 is 0 Å². The maximum absolute atomic E-state index is 8.89. The second-order valence-electron chi connectivity index (χ2n) is 5.20. The highest BCUT2D eigenvalue weighted by molar-refractivity contribution is 5.99. The molecule has 0 spiro atoms. The van der Waals surface area contributed by atoms with Crippen molar-refractivity contribution in [1.82, 2.24) is 4.90 Å². The van der Waals surface area contributed by atoms with Crippen LogP contribution in [0.5, 0.6) is 0 Å². The van der Waals surface area contributed by atoms with Gasteiger partial charge in [-0.25, -0.2) is 0 Å². The van der Waals surface area contributed by atoms with E-state index in [9.17, 15) is 0 Å². The van der Waals surface area contributed by atoms with E-state index in [0.29, 0.717) is 24.5 Å². The highest BCUT2D eigenvalue weighted by Gasteiger charge is 2.24. The van der Waals surface area contributed by atoms with Crippen LogP contribution in [0.25, 0.3) is 5.57 Å². The summed E-state index contributed by atoms with van der Waals surface area (Å²) in [6, 6.07) is 9.03. The summed E-state index contributed by atoms with van der Waals surface area (Å²) in [6.45, 7) is 5.42. The Balaban J connectivity index is 2.17. The molecule has 1 aliphatic heterocycles. The number of morpholine rings is 1. The van der Waals surface area contributed by atoms with Crippen LogP contribution in [-0.4, -0.2) is 41.9 Å². The maximum Gasteiger partial charge on any atom is 0.128 e. The van der Waals surface area contributed by atoms with E-state index in [1.807, 2.05) is 24.8 Å². The molecule has 1 fully saturated rings. The third kappa shape index (κ3) is 3.38. The molecule has 2 atom stereocenters. The molecule has 2 N–H and O–H groups in total. The normalized spacial score (nSPS) is 21.3. The number of nitrogens with one attached hydrogen (secondary N) is 2. The first-order valence-corrected chi connectivity index (χ1v) is 6.84. The molecule has 108 valence electrons. The first-order valence-electron chi connectivity index (χ1n) is 6.84. The van der Waals surface area contributed by atoms with Crippen LogP contribution in [0.3, 0.4) is 0 Å². The van der Waals surface area contributed by atoms with Crippen molar-refractivity contribution in [2.75, 3.05) is 13.1 Å². The van der Waals surface area contributed by atoms with Gasteiger partial charge in [-0.3, -0.25) is 10.8 Å². The summed E-state index contributed by atoms with van der Waals surface area (Å²) in [5.41, 5.74) is 1.64. The van der Waals surface area contributed by atoms with Gasteiger partial charge in [0.15, 0.2) is 0 Å². The van der Waals surface area contributed by atoms with Gasteiger partial charge in [-0.05, 0) is 19.7 Å². The third-order valence-corrected chi connectivity index (χ3v) is 3.42. The number of allylic oxidation sites excluding steroid dienone is 1. The Hall–Kier alpha value is -2.41. The molecule has 2 rings (SSSR count). The summed E-state index contributed by atoms with van der Waals surface area (Å²) in [5, 5.41) is 24.3.